The summed E-state index contributed by atoms with van der Waals surface area (Å²) in [6.45, 7) is 4.19. The third kappa shape index (κ3) is 3.34. The predicted octanol–water partition coefficient (Wildman–Crippen LogP) is 3.32. The molecular weight excluding hydrogens is 300 g/mol. The van der Waals surface area contributed by atoms with E-state index in [0.717, 1.165) is 16.7 Å². The van der Waals surface area contributed by atoms with Gasteiger partial charge in [0.25, 0.3) is 0 Å². The van der Waals surface area contributed by atoms with Crippen LogP contribution < -0.4 is 4.31 Å². The van der Waals surface area contributed by atoms with Crippen LogP contribution in [0.5, 0.6) is 0 Å². The molecule has 1 aromatic heterocycles. The molecule has 0 aliphatic heterocycles. The number of nitrogens with zero attached hydrogens (tertiary/aromatic N) is 2. The first-order valence-electron chi connectivity index (χ1n) is 7.18. The Morgan fingerprint density at radius 2 is 1.95 bits per heavy atom. The largest absolute Gasteiger partial charge is 0.461 e. The number of fused-ring (bicyclic) bond motifs is 1. The van der Waals surface area contributed by atoms with Crippen LogP contribution in [-0.4, -0.2) is 33.4 Å². The lowest BCUT2D eigenvalue weighted by molar-refractivity contribution is 0.515. The fraction of sp³-hybridized carbons (Fsp3) is 0.375. The van der Waals surface area contributed by atoms with Crippen molar-refractivity contribution in [2.45, 2.75) is 20.3 Å². The number of allylic oxidation sites excluding steroid dienone is 1. The van der Waals surface area contributed by atoms with Gasteiger partial charge in [0.1, 0.15) is 11.3 Å². The average molecular weight is 322 g/mol. The van der Waals surface area contributed by atoms with Crippen LogP contribution in [0.3, 0.4) is 0 Å². The molecule has 0 aliphatic carbocycles. The quantitative estimate of drug-likeness (QED) is 0.767. The standard InChI is InChI=1S/C16H22N2O3S/c1-5-6-7-10-18(22(19,20)17(3)4)15-8-9-16-14(12-15)11-13(2)21-16/h5-6,8-9,11-12H,7,10H2,1-4H3/b6-5-. The smallest absolute Gasteiger partial charge is 0.303 e. The molecule has 0 spiro atoms. The van der Waals surface area contributed by atoms with Crippen molar-refractivity contribution in [2.75, 3.05) is 24.9 Å². The highest BCUT2D eigenvalue weighted by Gasteiger charge is 2.24. The summed E-state index contributed by atoms with van der Waals surface area (Å²) in [4.78, 5) is 0. The van der Waals surface area contributed by atoms with Gasteiger partial charge in [-0.15, -0.1) is 0 Å². The Bertz CT molecular complexity index is 776. The van der Waals surface area contributed by atoms with Crippen molar-refractivity contribution in [3.63, 3.8) is 0 Å². The van der Waals surface area contributed by atoms with Gasteiger partial charge in [-0.3, -0.25) is 4.31 Å². The predicted molar refractivity (Wildman–Crippen MR) is 90.3 cm³/mol. The molecule has 120 valence electrons. The third-order valence-corrected chi connectivity index (χ3v) is 5.26. The van der Waals surface area contributed by atoms with Gasteiger partial charge in [-0.1, -0.05) is 12.2 Å². The summed E-state index contributed by atoms with van der Waals surface area (Å²) < 4.78 is 33.3. The van der Waals surface area contributed by atoms with Crippen molar-refractivity contribution in [1.82, 2.24) is 4.31 Å². The summed E-state index contributed by atoms with van der Waals surface area (Å²) in [6, 6.07) is 7.35. The molecule has 0 amide bonds. The molecule has 0 saturated carbocycles. The molecule has 22 heavy (non-hydrogen) atoms. The van der Waals surface area contributed by atoms with E-state index in [4.69, 9.17) is 4.42 Å². The van der Waals surface area contributed by atoms with E-state index in [9.17, 15) is 8.42 Å². The van der Waals surface area contributed by atoms with E-state index in [-0.39, 0.29) is 0 Å². The molecule has 2 rings (SSSR count). The minimum absolute atomic E-state index is 0.396. The maximum atomic E-state index is 12.6. The van der Waals surface area contributed by atoms with Crippen molar-refractivity contribution in [1.29, 1.82) is 0 Å². The van der Waals surface area contributed by atoms with E-state index in [1.165, 1.54) is 8.61 Å². The minimum Gasteiger partial charge on any atom is -0.461 e. The van der Waals surface area contributed by atoms with Gasteiger partial charge in [0.05, 0.1) is 5.69 Å². The molecule has 0 aliphatic rings. The number of furan rings is 1. The topological polar surface area (TPSA) is 53.8 Å². The molecule has 0 N–H and O–H groups in total. The number of rotatable bonds is 6. The van der Waals surface area contributed by atoms with Gasteiger partial charge >= 0.3 is 10.2 Å². The van der Waals surface area contributed by atoms with Gasteiger partial charge < -0.3 is 4.42 Å². The zero-order valence-electron chi connectivity index (χ0n) is 13.4. The maximum Gasteiger partial charge on any atom is 0.303 e. The molecule has 1 aromatic carbocycles. The Morgan fingerprint density at radius 3 is 2.59 bits per heavy atom. The summed E-state index contributed by atoms with van der Waals surface area (Å²) in [5, 5.41) is 0.903. The first-order valence-corrected chi connectivity index (χ1v) is 8.57. The van der Waals surface area contributed by atoms with Gasteiger partial charge in [-0.25, -0.2) is 0 Å². The van der Waals surface area contributed by atoms with Crippen molar-refractivity contribution in [3.05, 3.63) is 42.2 Å². The zero-order valence-corrected chi connectivity index (χ0v) is 14.2. The van der Waals surface area contributed by atoms with Gasteiger partial charge in [0, 0.05) is 26.0 Å². The van der Waals surface area contributed by atoms with Crippen LogP contribution in [-0.2, 0) is 10.2 Å². The van der Waals surface area contributed by atoms with Crippen LogP contribution in [0, 0.1) is 6.92 Å². The Hall–Kier alpha value is -1.79. The summed E-state index contributed by atoms with van der Waals surface area (Å²) in [7, 11) is -0.452. The minimum atomic E-state index is -3.53. The second kappa shape index (κ2) is 6.54. The maximum absolute atomic E-state index is 12.6. The SMILES string of the molecule is C/C=C\CCN(c1ccc2oc(C)cc2c1)S(=O)(=O)N(C)C. The van der Waals surface area contributed by atoms with E-state index in [1.807, 2.05) is 44.2 Å². The highest BCUT2D eigenvalue weighted by atomic mass is 32.2. The molecule has 0 bridgehead atoms. The molecular formula is C16H22N2O3S. The zero-order chi connectivity index (χ0) is 16.3. The second-order valence-electron chi connectivity index (χ2n) is 5.30. The van der Waals surface area contributed by atoms with Crippen LogP contribution in [0.25, 0.3) is 11.0 Å². The van der Waals surface area contributed by atoms with Gasteiger partial charge in [-0.2, -0.15) is 12.7 Å². The Kier molecular flexibility index (Phi) is 4.93. The lowest BCUT2D eigenvalue weighted by Crippen LogP contribution is -2.40. The van der Waals surface area contributed by atoms with Gasteiger partial charge in [-0.05, 0) is 44.5 Å². The molecule has 1 heterocycles. The second-order valence-corrected chi connectivity index (χ2v) is 7.37. The summed E-state index contributed by atoms with van der Waals surface area (Å²) in [5.41, 5.74) is 1.41. The summed E-state index contributed by atoms with van der Waals surface area (Å²) in [5.74, 6) is 0.808. The fourth-order valence-corrected chi connectivity index (χ4v) is 3.36. The highest BCUT2D eigenvalue weighted by molar-refractivity contribution is 7.90. The third-order valence-electron chi connectivity index (χ3n) is 3.39. The van der Waals surface area contributed by atoms with E-state index < -0.39 is 10.2 Å². The number of anilines is 1. The fourth-order valence-electron chi connectivity index (χ4n) is 2.25. The average Bonchev–Trinajstić information content (AvgIpc) is 2.82. The van der Waals surface area contributed by atoms with Crippen molar-refractivity contribution < 1.29 is 12.8 Å². The number of hydrogen-bond acceptors (Lipinski definition) is 3. The summed E-state index contributed by atoms with van der Waals surface area (Å²) >= 11 is 0. The monoisotopic (exact) mass is 322 g/mol. The van der Waals surface area contributed by atoms with E-state index in [2.05, 4.69) is 0 Å². The van der Waals surface area contributed by atoms with Crippen LogP contribution in [0.15, 0.2) is 40.8 Å². The lowest BCUT2D eigenvalue weighted by atomic mass is 10.2. The number of hydrogen-bond donors (Lipinski definition) is 0. The Labute approximate surface area is 132 Å². The number of benzene rings is 1. The molecule has 5 nitrogen and oxygen atoms in total. The molecule has 0 saturated heterocycles. The lowest BCUT2D eigenvalue weighted by Gasteiger charge is -2.27. The molecule has 2 aromatic rings. The van der Waals surface area contributed by atoms with Crippen LogP contribution in [0.1, 0.15) is 19.1 Å². The van der Waals surface area contributed by atoms with Gasteiger partial charge in [0.2, 0.25) is 0 Å². The summed E-state index contributed by atoms with van der Waals surface area (Å²) in [6.07, 6.45) is 4.54. The molecule has 0 atom stereocenters. The van der Waals surface area contributed by atoms with Crippen molar-refractivity contribution >= 4 is 26.9 Å². The Balaban J connectivity index is 2.45. The molecule has 6 heteroatoms. The van der Waals surface area contributed by atoms with E-state index >= 15 is 0 Å². The Morgan fingerprint density at radius 1 is 1.23 bits per heavy atom. The van der Waals surface area contributed by atoms with E-state index in [1.54, 1.807) is 20.2 Å². The van der Waals surface area contributed by atoms with Crippen molar-refractivity contribution in [2.24, 2.45) is 0 Å². The number of aryl methyl sites for hydroxylation is 1. The molecule has 0 fully saturated rings. The van der Waals surface area contributed by atoms with Crippen LogP contribution in [0.2, 0.25) is 0 Å². The molecule has 0 radical (unpaired) electrons. The van der Waals surface area contributed by atoms with E-state index in [0.29, 0.717) is 18.7 Å². The normalized spacial score (nSPS) is 12.6. The van der Waals surface area contributed by atoms with Crippen molar-refractivity contribution in [3.8, 4) is 0 Å². The highest BCUT2D eigenvalue weighted by Crippen LogP contribution is 2.27. The van der Waals surface area contributed by atoms with Gasteiger partial charge in [0.15, 0.2) is 0 Å². The molecule has 0 unspecified atom stereocenters. The van der Waals surface area contributed by atoms with Crippen LogP contribution in [0.4, 0.5) is 5.69 Å². The first kappa shape index (κ1) is 16.6. The van der Waals surface area contributed by atoms with Crippen LogP contribution >= 0.6 is 0 Å². The first-order chi connectivity index (χ1) is 10.4.